The van der Waals surface area contributed by atoms with Crippen LogP contribution in [0.1, 0.15) is 37.8 Å². The van der Waals surface area contributed by atoms with Crippen molar-refractivity contribution in [2.24, 2.45) is 5.41 Å². The van der Waals surface area contributed by atoms with Gasteiger partial charge in [0.05, 0.1) is 17.5 Å². The Hall–Kier alpha value is -1.54. The number of benzene rings is 1. The first-order chi connectivity index (χ1) is 9.38. The van der Waals surface area contributed by atoms with Crippen molar-refractivity contribution < 1.29 is 13.2 Å². The summed E-state index contributed by atoms with van der Waals surface area (Å²) in [7, 11) is 0. The lowest BCUT2D eigenvalue weighted by atomic mass is 9.95. The largest absolute Gasteiger partial charge is 0.394 e. The summed E-state index contributed by atoms with van der Waals surface area (Å²) in [6.45, 7) is 1.85. The number of halogens is 3. The third kappa shape index (κ3) is 3.13. The molecule has 1 aromatic carbocycles. The molecule has 2 atom stereocenters. The van der Waals surface area contributed by atoms with Crippen molar-refractivity contribution in [1.82, 2.24) is 5.32 Å². The van der Waals surface area contributed by atoms with E-state index in [1.165, 1.54) is 0 Å². The van der Waals surface area contributed by atoms with E-state index in [0.717, 1.165) is 5.56 Å². The molecule has 0 heterocycles. The van der Waals surface area contributed by atoms with Crippen molar-refractivity contribution >= 4 is 0 Å². The summed E-state index contributed by atoms with van der Waals surface area (Å²) in [5, 5.41) is 12.1. The molecule has 1 aliphatic rings. The molecule has 2 rings (SSSR count). The van der Waals surface area contributed by atoms with Gasteiger partial charge in [-0.15, -0.1) is 0 Å². The van der Waals surface area contributed by atoms with E-state index in [1.54, 1.807) is 0 Å². The number of alkyl halides is 3. The number of nitrogens with zero attached hydrogens (tertiary/aromatic N) is 1. The highest BCUT2D eigenvalue weighted by atomic mass is 19.4. The molecule has 2 nitrogen and oxygen atoms in total. The summed E-state index contributed by atoms with van der Waals surface area (Å²) in [5.41, 5.74) is -0.679. The summed E-state index contributed by atoms with van der Waals surface area (Å²) in [6, 6.07) is 10.4. The van der Waals surface area contributed by atoms with Crippen LogP contribution in [0.2, 0.25) is 0 Å². The van der Waals surface area contributed by atoms with Crippen molar-refractivity contribution in [2.45, 2.75) is 44.4 Å². The van der Waals surface area contributed by atoms with Crippen molar-refractivity contribution in [3.8, 4) is 6.07 Å². The number of nitriles is 1. The third-order valence-corrected chi connectivity index (χ3v) is 3.96. The molecule has 0 aromatic heterocycles. The summed E-state index contributed by atoms with van der Waals surface area (Å²) in [5.74, 6) is 0. The Balaban J connectivity index is 1.99. The van der Waals surface area contributed by atoms with Gasteiger partial charge in [-0.1, -0.05) is 30.3 Å². The van der Waals surface area contributed by atoms with Gasteiger partial charge < -0.3 is 0 Å². The van der Waals surface area contributed by atoms with E-state index in [9.17, 15) is 13.2 Å². The van der Waals surface area contributed by atoms with Gasteiger partial charge in [0.25, 0.3) is 0 Å². The van der Waals surface area contributed by atoms with Crippen LogP contribution in [0.3, 0.4) is 0 Å². The number of nitrogens with one attached hydrogen (secondary N) is 1. The number of hydrogen-bond donors (Lipinski definition) is 1. The van der Waals surface area contributed by atoms with Crippen LogP contribution in [-0.4, -0.2) is 12.2 Å². The molecule has 0 saturated heterocycles. The smallest absolute Gasteiger partial charge is 0.295 e. The van der Waals surface area contributed by atoms with Gasteiger partial charge in [0, 0.05) is 6.04 Å². The van der Waals surface area contributed by atoms with E-state index in [-0.39, 0.29) is 25.3 Å². The Kier molecular flexibility index (Phi) is 4.05. The second kappa shape index (κ2) is 5.45. The Morgan fingerprint density at radius 2 is 1.90 bits per heavy atom. The Bertz CT molecular complexity index is 486. The summed E-state index contributed by atoms with van der Waals surface area (Å²) in [4.78, 5) is 0. The molecule has 0 aliphatic heterocycles. The fraction of sp³-hybridized carbons (Fsp3) is 0.533. The van der Waals surface area contributed by atoms with Crippen molar-refractivity contribution in [3.63, 3.8) is 0 Å². The van der Waals surface area contributed by atoms with Gasteiger partial charge in [-0.2, -0.15) is 18.4 Å². The second-order valence-corrected chi connectivity index (χ2v) is 5.46. The quantitative estimate of drug-likeness (QED) is 0.887. The fourth-order valence-corrected chi connectivity index (χ4v) is 2.43. The van der Waals surface area contributed by atoms with Crippen molar-refractivity contribution in [2.75, 3.05) is 0 Å². The lowest BCUT2D eigenvalue weighted by Gasteiger charge is -2.24. The topological polar surface area (TPSA) is 35.8 Å². The Morgan fingerprint density at radius 3 is 2.35 bits per heavy atom. The minimum absolute atomic E-state index is 0.135. The summed E-state index contributed by atoms with van der Waals surface area (Å²) >= 11 is 0. The van der Waals surface area contributed by atoms with Gasteiger partial charge in [0.2, 0.25) is 0 Å². The van der Waals surface area contributed by atoms with E-state index >= 15 is 0 Å². The highest BCUT2D eigenvalue weighted by molar-refractivity contribution is 5.19. The van der Waals surface area contributed by atoms with Crippen LogP contribution in [-0.2, 0) is 0 Å². The lowest BCUT2D eigenvalue weighted by Crippen LogP contribution is -2.37. The van der Waals surface area contributed by atoms with Crippen LogP contribution in [0.5, 0.6) is 0 Å². The first kappa shape index (κ1) is 14.9. The van der Waals surface area contributed by atoms with E-state index < -0.39 is 17.6 Å². The molecule has 0 bridgehead atoms. The molecule has 108 valence electrons. The monoisotopic (exact) mass is 282 g/mol. The van der Waals surface area contributed by atoms with Gasteiger partial charge in [-0.05, 0) is 31.7 Å². The molecular weight excluding hydrogens is 265 g/mol. The Labute approximate surface area is 116 Å². The molecule has 2 unspecified atom stereocenters. The molecule has 1 saturated carbocycles. The molecule has 5 heteroatoms. The maximum absolute atomic E-state index is 12.9. The minimum atomic E-state index is -4.21. The molecule has 0 spiro atoms. The van der Waals surface area contributed by atoms with Gasteiger partial charge in [-0.3, -0.25) is 5.32 Å². The Morgan fingerprint density at radius 1 is 1.30 bits per heavy atom. The SMILES string of the molecule is CC(NC(C#N)CC1(C(F)(F)F)CC1)c1ccccc1. The highest BCUT2D eigenvalue weighted by Gasteiger charge is 2.63. The second-order valence-electron chi connectivity index (χ2n) is 5.46. The van der Waals surface area contributed by atoms with Crippen LogP contribution in [0.25, 0.3) is 0 Å². The maximum atomic E-state index is 12.9. The van der Waals surface area contributed by atoms with Gasteiger partial charge in [0.15, 0.2) is 0 Å². The standard InChI is InChI=1S/C15H17F3N2/c1-11(12-5-3-2-4-6-12)20-13(10-19)9-14(7-8-14)15(16,17)18/h2-6,11,13,20H,7-9H2,1H3. The van der Waals surface area contributed by atoms with Gasteiger partial charge >= 0.3 is 6.18 Å². The predicted molar refractivity (Wildman–Crippen MR) is 69.7 cm³/mol. The number of hydrogen-bond acceptors (Lipinski definition) is 2. The van der Waals surface area contributed by atoms with E-state index in [1.807, 2.05) is 43.3 Å². The van der Waals surface area contributed by atoms with Crippen molar-refractivity contribution in [3.05, 3.63) is 35.9 Å². The average Bonchev–Trinajstić information content (AvgIpc) is 3.19. The molecular formula is C15H17F3N2. The summed E-state index contributed by atoms with van der Waals surface area (Å²) in [6.07, 6.45) is -4.10. The zero-order valence-corrected chi connectivity index (χ0v) is 11.2. The van der Waals surface area contributed by atoms with Gasteiger partial charge in [0.1, 0.15) is 0 Å². The molecule has 1 N–H and O–H groups in total. The van der Waals surface area contributed by atoms with Crippen LogP contribution >= 0.6 is 0 Å². The average molecular weight is 282 g/mol. The van der Waals surface area contributed by atoms with E-state index in [0.29, 0.717) is 0 Å². The first-order valence-corrected chi connectivity index (χ1v) is 6.65. The zero-order valence-electron chi connectivity index (χ0n) is 11.2. The zero-order chi connectivity index (χ0) is 14.8. The fourth-order valence-electron chi connectivity index (χ4n) is 2.43. The van der Waals surface area contributed by atoms with Crippen LogP contribution < -0.4 is 5.32 Å². The third-order valence-electron chi connectivity index (χ3n) is 3.96. The predicted octanol–water partition coefficient (Wildman–Crippen LogP) is 3.96. The lowest BCUT2D eigenvalue weighted by molar-refractivity contribution is -0.189. The number of rotatable bonds is 5. The molecule has 1 aliphatic carbocycles. The van der Waals surface area contributed by atoms with E-state index in [4.69, 9.17) is 5.26 Å². The summed E-state index contributed by atoms with van der Waals surface area (Å²) < 4.78 is 38.7. The normalized spacial score (nSPS) is 19.9. The molecule has 0 radical (unpaired) electrons. The molecule has 1 aromatic rings. The van der Waals surface area contributed by atoms with Crippen LogP contribution in [0, 0.1) is 16.7 Å². The molecule has 1 fully saturated rings. The van der Waals surface area contributed by atoms with Crippen LogP contribution in [0.4, 0.5) is 13.2 Å². The van der Waals surface area contributed by atoms with Gasteiger partial charge in [-0.25, -0.2) is 0 Å². The van der Waals surface area contributed by atoms with E-state index in [2.05, 4.69) is 5.32 Å². The molecule has 20 heavy (non-hydrogen) atoms. The van der Waals surface area contributed by atoms with Crippen molar-refractivity contribution in [1.29, 1.82) is 5.26 Å². The molecule has 0 amide bonds. The minimum Gasteiger partial charge on any atom is -0.295 e. The van der Waals surface area contributed by atoms with Crippen LogP contribution in [0.15, 0.2) is 30.3 Å². The first-order valence-electron chi connectivity index (χ1n) is 6.65. The maximum Gasteiger partial charge on any atom is 0.394 e. The highest BCUT2D eigenvalue weighted by Crippen LogP contribution is 2.60.